The van der Waals surface area contributed by atoms with E-state index in [1.54, 1.807) is 0 Å². The van der Waals surface area contributed by atoms with E-state index < -0.39 is 0 Å². The van der Waals surface area contributed by atoms with Gasteiger partial charge in [0.2, 0.25) is 0 Å². The van der Waals surface area contributed by atoms with Gasteiger partial charge in [0.05, 0.1) is 6.92 Å². The summed E-state index contributed by atoms with van der Waals surface area (Å²) >= 11 is 0. The highest BCUT2D eigenvalue weighted by molar-refractivity contribution is 5.22. The predicted molar refractivity (Wildman–Crippen MR) is 47.8 cm³/mol. The normalized spacial score (nSPS) is 8.55. The molecular formula is C10H12N+. The summed E-state index contributed by atoms with van der Waals surface area (Å²) in [6.07, 6.45) is 0. The fraction of sp³-hybridized carbons (Fsp3) is 0.300. The van der Waals surface area contributed by atoms with E-state index in [0.29, 0.717) is 0 Å². The average Bonchev–Trinajstić information content (AvgIpc) is 2.04. The number of nitrogens with zero attached hydrogens (tertiary/aromatic N) is 1. The third kappa shape index (κ3) is 2.43. The van der Waals surface area contributed by atoms with Gasteiger partial charge in [-0.15, -0.1) is 0 Å². The molecule has 1 aromatic rings. The van der Waals surface area contributed by atoms with E-state index in [1.807, 2.05) is 6.92 Å². The highest BCUT2D eigenvalue weighted by Gasteiger charge is 1.94. The second-order valence-corrected chi connectivity index (χ2v) is 2.53. The molecular weight excluding hydrogens is 134 g/mol. The molecule has 0 saturated carbocycles. The average molecular weight is 146 g/mol. The van der Waals surface area contributed by atoms with Gasteiger partial charge in [0, 0.05) is 5.56 Å². The summed E-state index contributed by atoms with van der Waals surface area (Å²) in [4.78, 5) is 4.02. The van der Waals surface area contributed by atoms with Gasteiger partial charge in [-0.2, -0.15) is 0 Å². The molecule has 0 spiro atoms. The van der Waals surface area contributed by atoms with Gasteiger partial charge in [-0.25, -0.2) is 0 Å². The Labute approximate surface area is 67.5 Å². The Balaban J connectivity index is 2.71. The maximum atomic E-state index is 4.02. The van der Waals surface area contributed by atoms with E-state index in [9.17, 15) is 0 Å². The summed E-state index contributed by atoms with van der Waals surface area (Å²) in [5.41, 5.74) is 2.53. The topological polar surface area (TPSA) is 4.36 Å². The molecule has 1 heteroatoms. The molecule has 0 unspecified atom stereocenters. The minimum atomic E-state index is 0.747. The Morgan fingerprint density at radius 3 is 2.45 bits per heavy atom. The van der Waals surface area contributed by atoms with Gasteiger partial charge < -0.3 is 0 Å². The number of hydrogen-bond donors (Lipinski definition) is 0. The first-order chi connectivity index (χ1) is 5.33. The SMILES string of the molecule is CC#[N+]Cc1ccc(C)cc1. The molecule has 0 aliphatic heterocycles. The zero-order valence-corrected chi connectivity index (χ0v) is 6.96. The monoisotopic (exact) mass is 146 g/mol. The molecule has 1 nitrogen and oxygen atoms in total. The van der Waals surface area contributed by atoms with Crippen molar-refractivity contribution in [2.45, 2.75) is 20.4 Å². The lowest BCUT2D eigenvalue weighted by atomic mass is 10.2. The first-order valence-corrected chi connectivity index (χ1v) is 3.71. The van der Waals surface area contributed by atoms with Crippen LogP contribution in [0, 0.1) is 13.0 Å². The van der Waals surface area contributed by atoms with Crippen LogP contribution in [0.5, 0.6) is 0 Å². The van der Waals surface area contributed by atoms with Crippen LogP contribution in [0.4, 0.5) is 0 Å². The molecule has 0 aliphatic carbocycles. The van der Waals surface area contributed by atoms with Gasteiger partial charge in [0.1, 0.15) is 0 Å². The van der Waals surface area contributed by atoms with Crippen molar-refractivity contribution >= 4 is 0 Å². The van der Waals surface area contributed by atoms with Crippen LogP contribution in [0.15, 0.2) is 24.3 Å². The first-order valence-electron chi connectivity index (χ1n) is 3.71. The van der Waals surface area contributed by atoms with Gasteiger partial charge >= 0.3 is 0 Å². The molecule has 0 bridgehead atoms. The Kier molecular flexibility index (Phi) is 2.68. The van der Waals surface area contributed by atoms with Crippen LogP contribution in [0.3, 0.4) is 0 Å². The molecule has 0 aromatic heterocycles. The van der Waals surface area contributed by atoms with Crippen molar-refractivity contribution in [2.24, 2.45) is 0 Å². The standard InChI is InChI=1S/C10H12N/c1-3-11-8-10-6-4-9(2)5-7-10/h4-7H,8H2,1-2H3/q+1. The van der Waals surface area contributed by atoms with Crippen molar-refractivity contribution in [2.75, 3.05) is 0 Å². The van der Waals surface area contributed by atoms with Crippen LogP contribution < -0.4 is 0 Å². The van der Waals surface area contributed by atoms with Crippen LogP contribution in [0.25, 0.3) is 4.85 Å². The minimum Gasteiger partial charge on any atom is -0.0788 e. The summed E-state index contributed by atoms with van der Waals surface area (Å²) < 4.78 is 0. The second-order valence-electron chi connectivity index (χ2n) is 2.53. The van der Waals surface area contributed by atoms with Crippen molar-refractivity contribution in [1.29, 1.82) is 0 Å². The van der Waals surface area contributed by atoms with Crippen molar-refractivity contribution in [1.82, 2.24) is 0 Å². The van der Waals surface area contributed by atoms with E-state index in [1.165, 1.54) is 11.1 Å². The van der Waals surface area contributed by atoms with Crippen molar-refractivity contribution in [3.8, 4) is 6.07 Å². The van der Waals surface area contributed by atoms with E-state index in [2.05, 4.69) is 42.1 Å². The maximum absolute atomic E-state index is 4.02. The molecule has 0 N–H and O–H groups in total. The summed E-state index contributed by atoms with van der Waals surface area (Å²) in [6, 6.07) is 11.1. The molecule has 1 aromatic carbocycles. The smallest absolute Gasteiger partial charge is 0.0788 e. The maximum Gasteiger partial charge on any atom is 0.288 e. The number of hydrogen-bond acceptors (Lipinski definition) is 0. The number of aryl methyl sites for hydroxylation is 1. The van der Waals surface area contributed by atoms with Gasteiger partial charge in [-0.3, -0.25) is 0 Å². The van der Waals surface area contributed by atoms with Crippen molar-refractivity contribution < 1.29 is 0 Å². The molecule has 0 atom stereocenters. The van der Waals surface area contributed by atoms with Crippen LogP contribution in [-0.2, 0) is 6.54 Å². The highest BCUT2D eigenvalue weighted by Crippen LogP contribution is 2.03. The van der Waals surface area contributed by atoms with Crippen molar-refractivity contribution in [3.63, 3.8) is 0 Å². The molecule has 0 heterocycles. The molecule has 56 valence electrons. The Hall–Kier alpha value is -1.29. The van der Waals surface area contributed by atoms with Crippen LogP contribution >= 0.6 is 0 Å². The van der Waals surface area contributed by atoms with E-state index in [0.717, 1.165) is 6.54 Å². The summed E-state index contributed by atoms with van der Waals surface area (Å²) in [7, 11) is 0. The predicted octanol–water partition coefficient (Wildman–Crippen LogP) is 2.85. The summed E-state index contributed by atoms with van der Waals surface area (Å²) in [6.45, 7) is 4.64. The zero-order valence-electron chi connectivity index (χ0n) is 6.96. The Morgan fingerprint density at radius 2 is 1.91 bits per heavy atom. The lowest BCUT2D eigenvalue weighted by molar-refractivity contribution is 1.25. The largest absolute Gasteiger partial charge is 0.288 e. The van der Waals surface area contributed by atoms with Gasteiger partial charge in [-0.1, -0.05) is 34.7 Å². The highest BCUT2D eigenvalue weighted by atomic mass is 14.6. The van der Waals surface area contributed by atoms with Gasteiger partial charge in [0.25, 0.3) is 12.6 Å². The third-order valence-electron chi connectivity index (χ3n) is 1.54. The number of benzene rings is 1. The first kappa shape index (κ1) is 7.81. The molecule has 0 amide bonds. The Morgan fingerprint density at radius 1 is 1.27 bits per heavy atom. The minimum absolute atomic E-state index is 0.747. The van der Waals surface area contributed by atoms with E-state index in [-0.39, 0.29) is 0 Å². The second kappa shape index (κ2) is 3.78. The molecule has 0 saturated heterocycles. The molecule has 11 heavy (non-hydrogen) atoms. The van der Waals surface area contributed by atoms with Gasteiger partial charge in [-0.05, 0) is 6.92 Å². The van der Waals surface area contributed by atoms with Gasteiger partial charge in [0.15, 0.2) is 0 Å². The molecule has 1 rings (SSSR count). The third-order valence-corrected chi connectivity index (χ3v) is 1.54. The fourth-order valence-corrected chi connectivity index (χ4v) is 0.864. The van der Waals surface area contributed by atoms with Crippen LogP contribution in [0.1, 0.15) is 18.1 Å². The lowest BCUT2D eigenvalue weighted by Crippen LogP contribution is -1.78. The molecule has 0 aliphatic rings. The quantitative estimate of drug-likeness (QED) is 0.573. The number of rotatable bonds is 1. The van der Waals surface area contributed by atoms with E-state index in [4.69, 9.17) is 0 Å². The van der Waals surface area contributed by atoms with Crippen molar-refractivity contribution in [3.05, 3.63) is 40.2 Å². The van der Waals surface area contributed by atoms with E-state index >= 15 is 0 Å². The van der Waals surface area contributed by atoms with Crippen LogP contribution in [-0.4, -0.2) is 0 Å². The fourth-order valence-electron chi connectivity index (χ4n) is 0.864. The summed E-state index contributed by atoms with van der Waals surface area (Å²) in [5.74, 6) is 0. The zero-order chi connectivity index (χ0) is 8.10. The summed E-state index contributed by atoms with van der Waals surface area (Å²) in [5, 5.41) is 0. The Bertz CT molecular complexity index is 274. The molecule has 0 radical (unpaired) electrons. The molecule has 0 fully saturated rings. The van der Waals surface area contributed by atoms with Crippen LogP contribution in [0.2, 0.25) is 0 Å². The lowest BCUT2D eigenvalue weighted by Gasteiger charge is -1.90.